The van der Waals surface area contributed by atoms with Gasteiger partial charge in [0.1, 0.15) is 6.10 Å². The lowest BCUT2D eigenvalue weighted by Crippen LogP contribution is -2.37. The predicted molar refractivity (Wildman–Crippen MR) is 110 cm³/mol. The first-order valence-electron chi connectivity index (χ1n) is 10.3. The number of carbonyl (C=O) groups excluding carboxylic acids is 1. The zero-order valence-electron chi connectivity index (χ0n) is 17.2. The van der Waals surface area contributed by atoms with Crippen molar-refractivity contribution in [3.05, 3.63) is 23.9 Å². The minimum Gasteiger partial charge on any atom is -0.384 e. The van der Waals surface area contributed by atoms with E-state index in [1.165, 1.54) is 14.0 Å². The van der Waals surface area contributed by atoms with Gasteiger partial charge in [0.2, 0.25) is 0 Å². The van der Waals surface area contributed by atoms with Crippen LogP contribution in [0.15, 0.2) is 18.2 Å². The Hall–Kier alpha value is -2.27. The number of amides is 1. The van der Waals surface area contributed by atoms with Crippen molar-refractivity contribution >= 4 is 33.2 Å². The van der Waals surface area contributed by atoms with Crippen molar-refractivity contribution in [2.24, 2.45) is 17.8 Å². The third-order valence-electron chi connectivity index (χ3n) is 6.78. The average Bonchev–Trinajstić information content (AvgIpc) is 3.01. The molecule has 11 heteroatoms. The summed E-state index contributed by atoms with van der Waals surface area (Å²) in [6.07, 6.45) is 1.46. The fourth-order valence-corrected chi connectivity index (χ4v) is 6.24. The van der Waals surface area contributed by atoms with E-state index in [0.717, 1.165) is 14.2 Å². The monoisotopic (exact) mass is 454 g/mol. The number of likely N-dealkylation sites (tertiary alicyclic amines) is 1. The second-order valence-corrected chi connectivity index (χ2v) is 10.8. The summed E-state index contributed by atoms with van der Waals surface area (Å²) in [5.74, 6) is -3.39. The van der Waals surface area contributed by atoms with E-state index >= 15 is 0 Å². The van der Waals surface area contributed by atoms with Gasteiger partial charge in [-0.15, -0.1) is 0 Å². The van der Waals surface area contributed by atoms with E-state index in [9.17, 15) is 27.1 Å². The second kappa shape index (κ2) is 6.61. The van der Waals surface area contributed by atoms with E-state index in [1.54, 1.807) is 17.0 Å². The molecule has 2 fully saturated rings. The largest absolute Gasteiger partial charge is 0.384 e. The number of aliphatic hydroxyl groups excluding tert-OH is 1. The Morgan fingerprint density at radius 1 is 1.35 bits per heavy atom. The molecule has 31 heavy (non-hydrogen) atoms. The van der Waals surface area contributed by atoms with Crippen LogP contribution in [-0.4, -0.2) is 68.0 Å². The molecule has 1 N–H and O–H groups in total. The Morgan fingerprint density at radius 3 is 2.68 bits per heavy atom. The molecule has 4 unspecified atom stereocenters. The molecule has 2 aliphatic heterocycles. The van der Waals surface area contributed by atoms with Crippen LogP contribution in [0.2, 0.25) is 0 Å². The molecule has 1 saturated heterocycles. The van der Waals surface area contributed by atoms with Crippen LogP contribution in [0.5, 0.6) is 0 Å². The molecule has 5 rings (SSSR count). The van der Waals surface area contributed by atoms with Crippen molar-refractivity contribution < 1.29 is 27.1 Å². The standard InChI is InChI=1S/C20H24F2N4O4S/c1-11(27)19(28)25-8-13-5-12(6-14(13)9-25)16-3-4-17-18(23-16)24(2)31(29,30)26(17)10-15-7-20(15,21)22/h3-5,11,13-15,27H,6-10H2,1-2H3. The number of alkyl halides is 2. The summed E-state index contributed by atoms with van der Waals surface area (Å²) >= 11 is 0. The maximum atomic E-state index is 13.4. The zero-order chi connectivity index (χ0) is 22.3. The van der Waals surface area contributed by atoms with Gasteiger partial charge in [0.05, 0.1) is 11.4 Å². The van der Waals surface area contributed by atoms with Gasteiger partial charge in [-0.05, 0) is 42.9 Å². The highest BCUT2D eigenvalue weighted by Crippen LogP contribution is 2.51. The molecule has 1 amide bonds. The van der Waals surface area contributed by atoms with Crippen LogP contribution in [0, 0.1) is 17.8 Å². The number of aliphatic hydroxyl groups is 1. The van der Waals surface area contributed by atoms with Gasteiger partial charge in [-0.3, -0.25) is 4.79 Å². The SMILES string of the molecule is CC(O)C(=O)N1CC2C=C(c3ccc4c(n3)N(C)S(=O)(=O)N4CC3CC3(F)F)CC2C1. The van der Waals surface area contributed by atoms with Crippen LogP contribution in [0.3, 0.4) is 0 Å². The van der Waals surface area contributed by atoms with Gasteiger partial charge < -0.3 is 10.0 Å². The van der Waals surface area contributed by atoms with E-state index in [-0.39, 0.29) is 36.5 Å². The summed E-state index contributed by atoms with van der Waals surface area (Å²) in [4.78, 5) is 18.3. The molecule has 3 heterocycles. The summed E-state index contributed by atoms with van der Waals surface area (Å²) in [5, 5.41) is 9.52. The van der Waals surface area contributed by atoms with Crippen molar-refractivity contribution in [3.8, 4) is 0 Å². The molecule has 8 nitrogen and oxygen atoms in total. The fraction of sp³-hybridized carbons (Fsp3) is 0.600. The Bertz CT molecular complexity index is 1090. The molecule has 1 saturated carbocycles. The topological polar surface area (TPSA) is 94.0 Å². The average molecular weight is 454 g/mol. The molecule has 0 bridgehead atoms. The van der Waals surface area contributed by atoms with E-state index in [0.29, 0.717) is 30.9 Å². The molecule has 0 spiro atoms. The van der Waals surface area contributed by atoms with Crippen LogP contribution in [0.1, 0.15) is 25.5 Å². The number of fused-ring (bicyclic) bond motifs is 2. The first-order valence-corrected chi connectivity index (χ1v) is 11.7. The van der Waals surface area contributed by atoms with Crippen LogP contribution in [0.4, 0.5) is 20.3 Å². The molecule has 1 aromatic heterocycles. The molecular formula is C20H24F2N4O4S. The number of hydrogen-bond acceptors (Lipinski definition) is 5. The molecule has 1 aromatic rings. The van der Waals surface area contributed by atoms with E-state index < -0.39 is 28.2 Å². The van der Waals surface area contributed by atoms with E-state index in [2.05, 4.69) is 11.1 Å². The minimum absolute atomic E-state index is 0.169. The summed E-state index contributed by atoms with van der Waals surface area (Å²) in [6, 6.07) is 3.37. The smallest absolute Gasteiger partial charge is 0.327 e. The summed E-state index contributed by atoms with van der Waals surface area (Å²) < 4.78 is 54.4. The van der Waals surface area contributed by atoms with Gasteiger partial charge >= 0.3 is 10.2 Å². The van der Waals surface area contributed by atoms with Gasteiger partial charge in [-0.1, -0.05) is 6.08 Å². The molecular weight excluding hydrogens is 430 g/mol. The first kappa shape index (κ1) is 20.6. The lowest BCUT2D eigenvalue weighted by Gasteiger charge is -2.19. The Balaban J connectivity index is 1.38. The third-order valence-corrected chi connectivity index (χ3v) is 8.54. The van der Waals surface area contributed by atoms with Gasteiger partial charge in [-0.25, -0.2) is 22.4 Å². The maximum Gasteiger partial charge on any atom is 0.327 e. The lowest BCUT2D eigenvalue weighted by molar-refractivity contribution is -0.138. The lowest BCUT2D eigenvalue weighted by atomic mass is 9.99. The summed E-state index contributed by atoms with van der Waals surface area (Å²) in [6.45, 7) is 2.32. The van der Waals surface area contributed by atoms with Crippen LogP contribution < -0.4 is 8.61 Å². The molecule has 4 atom stereocenters. The highest BCUT2D eigenvalue weighted by Gasteiger charge is 2.59. The zero-order valence-corrected chi connectivity index (χ0v) is 18.0. The minimum atomic E-state index is -3.93. The van der Waals surface area contributed by atoms with E-state index in [1.807, 2.05) is 0 Å². The molecule has 4 aliphatic rings. The Labute approximate surface area is 179 Å². The number of allylic oxidation sites excluding steroid dienone is 1. The number of pyridine rings is 1. The number of halogens is 2. The highest BCUT2D eigenvalue weighted by atomic mass is 32.2. The van der Waals surface area contributed by atoms with Gasteiger partial charge in [0, 0.05) is 39.0 Å². The number of carbonyl (C=O) groups is 1. The van der Waals surface area contributed by atoms with Crippen molar-refractivity contribution in [3.63, 3.8) is 0 Å². The number of rotatable bonds is 4. The van der Waals surface area contributed by atoms with Crippen LogP contribution in [0.25, 0.3) is 5.57 Å². The third kappa shape index (κ3) is 3.20. The summed E-state index contributed by atoms with van der Waals surface area (Å²) in [7, 11) is -2.54. The maximum absolute atomic E-state index is 13.4. The quantitative estimate of drug-likeness (QED) is 0.744. The first-order chi connectivity index (χ1) is 14.5. The predicted octanol–water partition coefficient (Wildman–Crippen LogP) is 1.48. The van der Waals surface area contributed by atoms with Crippen LogP contribution in [-0.2, 0) is 15.0 Å². The fourth-order valence-electron chi connectivity index (χ4n) is 4.83. The summed E-state index contributed by atoms with van der Waals surface area (Å²) in [5.41, 5.74) is 1.96. The number of anilines is 2. The Kier molecular flexibility index (Phi) is 4.40. The van der Waals surface area contributed by atoms with Gasteiger partial charge in [-0.2, -0.15) is 8.42 Å². The molecule has 0 aromatic carbocycles. The Morgan fingerprint density at radius 2 is 2.06 bits per heavy atom. The second-order valence-electron chi connectivity index (χ2n) is 8.95. The van der Waals surface area contributed by atoms with E-state index in [4.69, 9.17) is 0 Å². The molecule has 168 valence electrons. The number of aromatic nitrogens is 1. The van der Waals surface area contributed by atoms with Crippen molar-refractivity contribution in [1.29, 1.82) is 0 Å². The molecule has 2 aliphatic carbocycles. The van der Waals surface area contributed by atoms with Crippen LogP contribution >= 0.6 is 0 Å². The van der Waals surface area contributed by atoms with Crippen molar-refractivity contribution in [1.82, 2.24) is 9.88 Å². The van der Waals surface area contributed by atoms with Gasteiger partial charge in [0.15, 0.2) is 5.82 Å². The number of hydrogen-bond donors (Lipinski definition) is 1. The van der Waals surface area contributed by atoms with Gasteiger partial charge in [0.25, 0.3) is 11.8 Å². The molecule has 0 radical (unpaired) electrons. The van der Waals surface area contributed by atoms with Crippen molar-refractivity contribution in [2.75, 3.05) is 35.3 Å². The van der Waals surface area contributed by atoms with Crippen molar-refractivity contribution in [2.45, 2.75) is 31.8 Å². The highest BCUT2D eigenvalue weighted by molar-refractivity contribution is 7.94. The number of nitrogens with zero attached hydrogens (tertiary/aromatic N) is 4. The normalized spacial score (nSPS) is 30.8.